The third kappa shape index (κ3) is 5.37. The van der Waals surface area contributed by atoms with Gasteiger partial charge in [0.05, 0.1) is 16.8 Å². The lowest BCUT2D eigenvalue weighted by molar-refractivity contribution is -0.124. The molecule has 6 rings (SSSR count). The zero-order valence-corrected chi connectivity index (χ0v) is 26.4. The van der Waals surface area contributed by atoms with Crippen molar-refractivity contribution in [2.75, 3.05) is 37.0 Å². The normalized spacial score (nSPS) is 27.4. The van der Waals surface area contributed by atoms with Crippen molar-refractivity contribution < 1.29 is 22.4 Å². The van der Waals surface area contributed by atoms with Crippen molar-refractivity contribution in [3.63, 3.8) is 0 Å². The molecule has 2 spiro atoms. The molecule has 2 amide bonds. The number of nitrogens with one attached hydrogen (secondary N) is 3. The molecular weight excluding hydrogens is 614 g/mol. The lowest BCUT2D eigenvalue weighted by Crippen LogP contribution is -2.60. The number of benzene rings is 2. The number of carbonyl (C=O) groups is 2. The van der Waals surface area contributed by atoms with Crippen molar-refractivity contribution in [3.8, 4) is 0 Å². The molecule has 1 aliphatic carbocycles. The number of hydrogen-bond donors (Lipinski definition) is 3. The lowest BCUT2D eigenvalue weighted by atomic mass is 9.55. The Morgan fingerprint density at radius 3 is 2.53 bits per heavy atom. The Balaban J connectivity index is 1.38. The Labute approximate surface area is 262 Å². The standard InChI is InChI=1S/C31H37Cl2FN4O4S/c1-43(41,42)17-16-38-14-10-20(11-15-38)35-28(39)27-25(21-6-5-7-23(33)26(21)34)31(30(37-27)12-3-2-4-13-30)22-9-8-19(32)18-24(22)36-29(31)40/h5-9,18,20,25,27,37H,2-4,10-17H2,1H3,(H,35,39)(H,36,40)/t25-,27+,31+/m0/s1. The second kappa shape index (κ2) is 11.6. The molecule has 2 aromatic rings. The molecule has 8 nitrogen and oxygen atoms in total. The van der Waals surface area contributed by atoms with Crippen LogP contribution in [0.3, 0.4) is 0 Å². The van der Waals surface area contributed by atoms with Crippen LogP contribution in [0.4, 0.5) is 10.1 Å². The first-order valence-electron chi connectivity index (χ1n) is 15.0. The van der Waals surface area contributed by atoms with E-state index in [1.54, 1.807) is 24.3 Å². The highest BCUT2D eigenvalue weighted by atomic mass is 35.5. The topological polar surface area (TPSA) is 108 Å². The Morgan fingerprint density at radius 2 is 1.84 bits per heavy atom. The van der Waals surface area contributed by atoms with Gasteiger partial charge in [0.2, 0.25) is 11.8 Å². The predicted molar refractivity (Wildman–Crippen MR) is 166 cm³/mol. The van der Waals surface area contributed by atoms with Crippen molar-refractivity contribution in [2.24, 2.45) is 0 Å². The molecule has 1 saturated carbocycles. The Morgan fingerprint density at radius 1 is 1.12 bits per heavy atom. The number of amides is 2. The number of rotatable bonds is 6. The summed E-state index contributed by atoms with van der Waals surface area (Å²) < 4.78 is 39.2. The molecule has 2 saturated heterocycles. The van der Waals surface area contributed by atoms with Gasteiger partial charge in [-0.15, -0.1) is 0 Å². The number of fused-ring (bicyclic) bond motifs is 3. The number of sulfone groups is 1. The number of carbonyl (C=O) groups excluding carboxylic acids is 2. The number of nitrogens with zero attached hydrogens (tertiary/aromatic N) is 1. The summed E-state index contributed by atoms with van der Waals surface area (Å²) in [5, 5.41) is 10.3. The average molecular weight is 652 g/mol. The first-order chi connectivity index (χ1) is 20.4. The molecule has 232 valence electrons. The number of halogens is 3. The van der Waals surface area contributed by atoms with Gasteiger partial charge in [-0.05, 0) is 55.0 Å². The summed E-state index contributed by atoms with van der Waals surface area (Å²) in [7, 11) is -3.06. The average Bonchev–Trinajstić information content (AvgIpc) is 3.41. The van der Waals surface area contributed by atoms with Gasteiger partial charge >= 0.3 is 0 Å². The van der Waals surface area contributed by atoms with Gasteiger partial charge in [0.25, 0.3) is 0 Å². The maximum Gasteiger partial charge on any atom is 0.238 e. The summed E-state index contributed by atoms with van der Waals surface area (Å²) in [6.07, 6.45) is 6.63. The van der Waals surface area contributed by atoms with Gasteiger partial charge in [-0.1, -0.05) is 60.7 Å². The zero-order valence-electron chi connectivity index (χ0n) is 24.1. The SMILES string of the molecule is CS(=O)(=O)CCN1CCC(NC(=O)[C@@H]2NC3(CCCCC3)[C@@]3(C(=O)Nc4cc(Cl)ccc43)[C@H]2c2cccc(Cl)c2F)CC1. The van der Waals surface area contributed by atoms with E-state index in [1.807, 2.05) is 6.07 Å². The van der Waals surface area contributed by atoms with Crippen LogP contribution in [0.1, 0.15) is 62.0 Å². The number of piperidine rings is 1. The quantitative estimate of drug-likeness (QED) is 0.428. The van der Waals surface area contributed by atoms with Gasteiger partial charge in [-0.25, -0.2) is 12.8 Å². The summed E-state index contributed by atoms with van der Waals surface area (Å²) in [6, 6.07) is 9.05. The van der Waals surface area contributed by atoms with Crippen LogP contribution in [-0.2, 0) is 24.8 Å². The second-order valence-electron chi connectivity index (χ2n) is 12.6. The third-order valence-electron chi connectivity index (χ3n) is 10.0. The van der Waals surface area contributed by atoms with E-state index in [0.29, 0.717) is 56.0 Å². The fraction of sp³-hybridized carbons (Fsp3) is 0.548. The minimum absolute atomic E-state index is 0.0624. The lowest BCUT2D eigenvalue weighted by Gasteiger charge is -2.47. The number of anilines is 1. The molecule has 3 aliphatic heterocycles. The minimum Gasteiger partial charge on any atom is -0.352 e. The van der Waals surface area contributed by atoms with Gasteiger partial charge in [-0.3, -0.25) is 14.9 Å². The summed E-state index contributed by atoms with van der Waals surface area (Å²) in [5.41, 5.74) is -0.522. The molecule has 12 heteroatoms. The van der Waals surface area contributed by atoms with Gasteiger partial charge < -0.3 is 15.5 Å². The van der Waals surface area contributed by atoms with Crippen molar-refractivity contribution in [2.45, 2.75) is 73.9 Å². The fourth-order valence-electron chi connectivity index (χ4n) is 8.10. The largest absolute Gasteiger partial charge is 0.352 e. The van der Waals surface area contributed by atoms with Gasteiger partial charge in [0.15, 0.2) is 0 Å². The van der Waals surface area contributed by atoms with Crippen LogP contribution in [0.15, 0.2) is 36.4 Å². The van der Waals surface area contributed by atoms with E-state index >= 15 is 4.39 Å². The second-order valence-corrected chi connectivity index (χ2v) is 15.7. The predicted octanol–water partition coefficient (Wildman–Crippen LogP) is 4.41. The van der Waals surface area contributed by atoms with Crippen LogP contribution in [-0.4, -0.2) is 74.4 Å². The van der Waals surface area contributed by atoms with Crippen molar-refractivity contribution in [1.82, 2.24) is 15.5 Å². The summed E-state index contributed by atoms with van der Waals surface area (Å²) in [4.78, 5) is 30.8. The van der Waals surface area contributed by atoms with E-state index in [4.69, 9.17) is 23.2 Å². The fourth-order valence-corrected chi connectivity index (χ4v) is 9.05. The Hall–Kier alpha value is -2.24. The number of likely N-dealkylation sites (tertiary alicyclic amines) is 1. The summed E-state index contributed by atoms with van der Waals surface area (Å²) in [6.45, 7) is 1.79. The molecule has 0 aromatic heterocycles. The third-order valence-corrected chi connectivity index (χ3v) is 11.5. The minimum atomic E-state index is -3.06. The first kappa shape index (κ1) is 30.8. The molecule has 0 radical (unpaired) electrons. The zero-order chi connectivity index (χ0) is 30.6. The summed E-state index contributed by atoms with van der Waals surface area (Å²) >= 11 is 12.7. The molecule has 43 heavy (non-hydrogen) atoms. The maximum absolute atomic E-state index is 16.0. The van der Waals surface area contributed by atoms with Crippen molar-refractivity contribution in [1.29, 1.82) is 0 Å². The molecule has 0 unspecified atom stereocenters. The maximum atomic E-state index is 16.0. The van der Waals surface area contributed by atoms with E-state index in [-0.39, 0.29) is 34.2 Å². The Bertz CT molecular complexity index is 1540. The van der Waals surface area contributed by atoms with Crippen LogP contribution < -0.4 is 16.0 Å². The highest BCUT2D eigenvalue weighted by molar-refractivity contribution is 7.90. The van der Waals surface area contributed by atoms with Crippen LogP contribution in [0.25, 0.3) is 0 Å². The molecule has 2 aromatic carbocycles. The van der Waals surface area contributed by atoms with E-state index < -0.39 is 38.6 Å². The monoisotopic (exact) mass is 650 g/mol. The van der Waals surface area contributed by atoms with Crippen molar-refractivity contribution in [3.05, 3.63) is 63.4 Å². The first-order valence-corrected chi connectivity index (χ1v) is 17.8. The van der Waals surface area contributed by atoms with Crippen LogP contribution in [0.2, 0.25) is 10.0 Å². The van der Waals surface area contributed by atoms with Crippen LogP contribution in [0, 0.1) is 5.82 Å². The van der Waals surface area contributed by atoms with Gasteiger partial charge in [0.1, 0.15) is 21.1 Å². The summed E-state index contributed by atoms with van der Waals surface area (Å²) in [5.74, 6) is -1.95. The van der Waals surface area contributed by atoms with Gasteiger partial charge in [0, 0.05) is 54.1 Å². The highest BCUT2D eigenvalue weighted by Crippen LogP contribution is 2.62. The van der Waals surface area contributed by atoms with E-state index in [0.717, 1.165) is 24.8 Å². The van der Waals surface area contributed by atoms with E-state index in [9.17, 15) is 18.0 Å². The molecular formula is C31H37Cl2FN4O4S. The molecule has 3 N–H and O–H groups in total. The van der Waals surface area contributed by atoms with E-state index in [2.05, 4.69) is 20.9 Å². The molecule has 3 fully saturated rings. The molecule has 3 atom stereocenters. The molecule has 4 aliphatic rings. The Kier molecular flexibility index (Phi) is 8.30. The van der Waals surface area contributed by atoms with Gasteiger partial charge in [-0.2, -0.15) is 0 Å². The van der Waals surface area contributed by atoms with Crippen LogP contribution in [0.5, 0.6) is 0 Å². The molecule has 0 bridgehead atoms. The molecule has 3 heterocycles. The smallest absolute Gasteiger partial charge is 0.238 e. The number of hydrogen-bond acceptors (Lipinski definition) is 6. The highest BCUT2D eigenvalue weighted by Gasteiger charge is 2.72. The van der Waals surface area contributed by atoms with Crippen molar-refractivity contribution >= 4 is 50.5 Å². The van der Waals surface area contributed by atoms with E-state index in [1.165, 1.54) is 12.3 Å². The van der Waals surface area contributed by atoms with Crippen LogP contribution >= 0.6 is 23.2 Å².